The summed E-state index contributed by atoms with van der Waals surface area (Å²) in [6.07, 6.45) is 4.15. The highest BCUT2D eigenvalue weighted by Gasteiger charge is 2.11. The fourth-order valence-electron chi connectivity index (χ4n) is 1.91. The van der Waals surface area contributed by atoms with Crippen LogP contribution in [0.3, 0.4) is 0 Å². The Kier molecular flexibility index (Phi) is 4.03. The van der Waals surface area contributed by atoms with Gasteiger partial charge in [0.15, 0.2) is 0 Å². The van der Waals surface area contributed by atoms with Gasteiger partial charge < -0.3 is 10.2 Å². The quantitative estimate of drug-likeness (QED) is 0.884. The molecule has 96 valence electrons. The second kappa shape index (κ2) is 5.71. The summed E-state index contributed by atoms with van der Waals surface area (Å²) in [6, 6.07) is 11.1. The Labute approximate surface area is 109 Å². The number of hydrogen-bond acceptors (Lipinski definition) is 2. The van der Waals surface area contributed by atoms with Crippen LogP contribution in [0, 0.1) is 0 Å². The van der Waals surface area contributed by atoms with Crippen molar-refractivity contribution in [3.05, 3.63) is 48.2 Å². The van der Waals surface area contributed by atoms with E-state index in [1.54, 1.807) is 0 Å². The van der Waals surface area contributed by atoms with E-state index in [1.165, 1.54) is 5.56 Å². The van der Waals surface area contributed by atoms with Crippen molar-refractivity contribution in [3.63, 3.8) is 0 Å². The predicted molar refractivity (Wildman–Crippen MR) is 76.4 cm³/mol. The number of aliphatic imine (C=N–C) groups is 1. The minimum absolute atomic E-state index is 0.184. The molecule has 0 radical (unpaired) electrons. The van der Waals surface area contributed by atoms with Crippen LogP contribution in [0.4, 0.5) is 0 Å². The maximum atomic E-state index is 4.69. The Morgan fingerprint density at radius 1 is 1.17 bits per heavy atom. The second-order valence-corrected chi connectivity index (χ2v) is 4.86. The summed E-state index contributed by atoms with van der Waals surface area (Å²) >= 11 is 0. The van der Waals surface area contributed by atoms with Crippen molar-refractivity contribution in [3.8, 4) is 0 Å². The molecule has 0 aromatic heterocycles. The maximum absolute atomic E-state index is 4.69. The van der Waals surface area contributed by atoms with Gasteiger partial charge in [0, 0.05) is 12.2 Å². The van der Waals surface area contributed by atoms with E-state index >= 15 is 0 Å². The minimum atomic E-state index is 0.184. The Morgan fingerprint density at radius 3 is 2.44 bits per heavy atom. The van der Waals surface area contributed by atoms with Gasteiger partial charge >= 0.3 is 0 Å². The van der Waals surface area contributed by atoms with Crippen LogP contribution in [0.5, 0.6) is 0 Å². The molecule has 2 rings (SSSR count). The molecule has 1 aliphatic rings. The second-order valence-electron chi connectivity index (χ2n) is 4.86. The van der Waals surface area contributed by atoms with Crippen LogP contribution < -0.4 is 5.32 Å². The predicted octanol–water partition coefficient (Wildman–Crippen LogP) is 2.93. The molecule has 3 heteroatoms. The summed E-state index contributed by atoms with van der Waals surface area (Å²) < 4.78 is 0. The monoisotopic (exact) mass is 243 g/mol. The lowest BCUT2D eigenvalue weighted by atomic mass is 10.1. The van der Waals surface area contributed by atoms with E-state index in [4.69, 9.17) is 4.99 Å². The Balaban J connectivity index is 2.05. The third-order valence-corrected chi connectivity index (χ3v) is 3.14. The molecule has 1 aliphatic heterocycles. The molecule has 1 aromatic rings. The first-order valence-corrected chi connectivity index (χ1v) is 6.47. The molecule has 0 saturated carbocycles. The fraction of sp³-hybridized carbons (Fsp3) is 0.400. The van der Waals surface area contributed by atoms with Crippen molar-refractivity contribution >= 4 is 5.84 Å². The standard InChI is InChI=1S/C15H21N3/c1-12(2)18-10-9-15(16-11-18)17-13(3)14-7-5-4-6-8-14/h4-10,12-13H,11H2,1-3H3,(H,16,17)/t13-/m0/s1. The average molecular weight is 243 g/mol. The van der Waals surface area contributed by atoms with E-state index in [0.717, 1.165) is 12.5 Å². The molecule has 0 bridgehead atoms. The highest BCUT2D eigenvalue weighted by molar-refractivity contribution is 5.93. The molecular formula is C15H21N3. The first-order valence-electron chi connectivity index (χ1n) is 6.47. The van der Waals surface area contributed by atoms with Gasteiger partial charge in [-0.15, -0.1) is 0 Å². The molecular weight excluding hydrogens is 222 g/mol. The number of hydrogen-bond donors (Lipinski definition) is 1. The third kappa shape index (κ3) is 3.13. The van der Waals surface area contributed by atoms with Crippen molar-refractivity contribution in [1.29, 1.82) is 0 Å². The van der Waals surface area contributed by atoms with Gasteiger partial charge in [-0.05, 0) is 32.4 Å². The van der Waals surface area contributed by atoms with Crippen LogP contribution in [0.25, 0.3) is 0 Å². The van der Waals surface area contributed by atoms with Gasteiger partial charge in [0.2, 0.25) is 0 Å². The van der Waals surface area contributed by atoms with E-state index in [9.17, 15) is 0 Å². The van der Waals surface area contributed by atoms with Crippen LogP contribution in [-0.4, -0.2) is 23.4 Å². The van der Waals surface area contributed by atoms with Crippen molar-refractivity contribution in [2.75, 3.05) is 6.67 Å². The largest absolute Gasteiger partial charge is 0.358 e. The minimum Gasteiger partial charge on any atom is -0.358 e. The lowest BCUT2D eigenvalue weighted by Crippen LogP contribution is -2.41. The third-order valence-electron chi connectivity index (χ3n) is 3.14. The van der Waals surface area contributed by atoms with E-state index in [0.29, 0.717) is 6.04 Å². The molecule has 1 atom stereocenters. The smallest absolute Gasteiger partial charge is 0.124 e. The highest BCUT2D eigenvalue weighted by atomic mass is 15.3. The lowest BCUT2D eigenvalue weighted by Gasteiger charge is -2.29. The van der Waals surface area contributed by atoms with E-state index in [2.05, 4.69) is 61.5 Å². The molecule has 3 nitrogen and oxygen atoms in total. The van der Waals surface area contributed by atoms with Gasteiger partial charge in [-0.3, -0.25) is 4.99 Å². The Bertz CT molecular complexity index is 434. The lowest BCUT2D eigenvalue weighted by molar-refractivity contribution is 0.300. The molecule has 0 fully saturated rings. The van der Waals surface area contributed by atoms with Crippen molar-refractivity contribution in [2.24, 2.45) is 4.99 Å². The van der Waals surface area contributed by atoms with Crippen molar-refractivity contribution < 1.29 is 0 Å². The summed E-state index contributed by atoms with van der Waals surface area (Å²) in [7, 11) is 0. The number of nitrogens with zero attached hydrogens (tertiary/aromatic N) is 2. The summed E-state index contributed by atoms with van der Waals surface area (Å²) in [5, 5.41) is 3.34. The van der Waals surface area contributed by atoms with Crippen LogP contribution in [-0.2, 0) is 0 Å². The molecule has 1 N–H and O–H groups in total. The summed E-state index contributed by atoms with van der Waals surface area (Å²) in [6.45, 7) is 7.31. The van der Waals surface area contributed by atoms with Gasteiger partial charge in [-0.25, -0.2) is 0 Å². The van der Waals surface area contributed by atoms with Gasteiger partial charge in [0.05, 0.1) is 12.7 Å². The average Bonchev–Trinajstić information content (AvgIpc) is 2.40. The molecule has 0 aliphatic carbocycles. The maximum Gasteiger partial charge on any atom is 0.124 e. The highest BCUT2D eigenvalue weighted by Crippen LogP contribution is 2.16. The first-order chi connectivity index (χ1) is 8.66. The number of rotatable bonds is 3. The fourth-order valence-corrected chi connectivity index (χ4v) is 1.91. The van der Waals surface area contributed by atoms with Crippen molar-refractivity contribution in [1.82, 2.24) is 10.2 Å². The summed E-state index contributed by atoms with van der Waals surface area (Å²) in [5.41, 5.74) is 1.24. The van der Waals surface area contributed by atoms with Gasteiger partial charge in [-0.1, -0.05) is 30.3 Å². The van der Waals surface area contributed by atoms with Gasteiger partial charge in [0.25, 0.3) is 0 Å². The summed E-state index contributed by atoms with van der Waals surface area (Å²) in [5.74, 6) is 0.961. The normalized spacial score (nSPS) is 19.1. The molecule has 18 heavy (non-hydrogen) atoms. The van der Waals surface area contributed by atoms with Crippen LogP contribution >= 0.6 is 0 Å². The zero-order chi connectivity index (χ0) is 13.0. The van der Waals surface area contributed by atoms with Crippen LogP contribution in [0.2, 0.25) is 0 Å². The SMILES string of the molecule is CC(C)N1C=CC(=N[C@@H](C)c2ccccc2)NC1. The van der Waals surface area contributed by atoms with E-state index in [-0.39, 0.29) is 6.04 Å². The molecule has 0 unspecified atom stereocenters. The molecule has 0 saturated heterocycles. The van der Waals surface area contributed by atoms with E-state index in [1.807, 2.05) is 12.1 Å². The molecule has 1 heterocycles. The van der Waals surface area contributed by atoms with Crippen LogP contribution in [0.15, 0.2) is 47.6 Å². The van der Waals surface area contributed by atoms with Crippen LogP contribution in [0.1, 0.15) is 32.4 Å². The zero-order valence-electron chi connectivity index (χ0n) is 11.3. The number of nitrogens with one attached hydrogen (secondary N) is 1. The van der Waals surface area contributed by atoms with Gasteiger partial charge in [-0.2, -0.15) is 0 Å². The Morgan fingerprint density at radius 2 is 1.89 bits per heavy atom. The number of amidine groups is 1. The topological polar surface area (TPSA) is 27.6 Å². The van der Waals surface area contributed by atoms with Crippen molar-refractivity contribution in [2.45, 2.75) is 32.9 Å². The molecule has 0 spiro atoms. The zero-order valence-corrected chi connectivity index (χ0v) is 11.3. The van der Waals surface area contributed by atoms with E-state index < -0.39 is 0 Å². The molecule has 0 amide bonds. The van der Waals surface area contributed by atoms with Gasteiger partial charge in [0.1, 0.15) is 5.84 Å². The number of benzene rings is 1. The Hall–Kier alpha value is -1.77. The first kappa shape index (κ1) is 12.7. The summed E-state index contributed by atoms with van der Waals surface area (Å²) in [4.78, 5) is 6.93. The molecule has 1 aromatic carbocycles.